The maximum absolute atomic E-state index is 12.9. The van der Waals surface area contributed by atoms with Crippen molar-refractivity contribution in [1.29, 1.82) is 0 Å². The summed E-state index contributed by atoms with van der Waals surface area (Å²) in [7, 11) is 0. The lowest BCUT2D eigenvalue weighted by Gasteiger charge is -2.47. The molecule has 168 valence electrons. The molecule has 1 aromatic rings. The number of amides is 2. The first-order chi connectivity index (χ1) is 15.1. The fraction of sp³-hybridized carbons (Fsp3) is 0.680. The van der Waals surface area contributed by atoms with Gasteiger partial charge in [0.15, 0.2) is 0 Å². The van der Waals surface area contributed by atoms with Crippen LogP contribution < -0.4 is 10.1 Å². The van der Waals surface area contributed by atoms with E-state index in [0.29, 0.717) is 25.6 Å². The summed E-state index contributed by atoms with van der Waals surface area (Å²) in [4.78, 5) is 27.6. The number of carbonyl (C=O) groups is 2. The van der Waals surface area contributed by atoms with Crippen LogP contribution in [0.4, 0.5) is 0 Å². The number of para-hydroxylation sites is 1. The van der Waals surface area contributed by atoms with Crippen molar-refractivity contribution in [3.05, 3.63) is 29.8 Å². The van der Waals surface area contributed by atoms with Gasteiger partial charge in [0.25, 0.3) is 0 Å². The van der Waals surface area contributed by atoms with Gasteiger partial charge in [-0.1, -0.05) is 18.2 Å². The Morgan fingerprint density at radius 3 is 2.55 bits per heavy atom. The second kappa shape index (κ2) is 8.81. The fourth-order valence-electron chi connectivity index (χ4n) is 5.45. The lowest BCUT2D eigenvalue weighted by Crippen LogP contribution is -2.53. The van der Waals surface area contributed by atoms with Gasteiger partial charge in [-0.15, -0.1) is 0 Å². The van der Waals surface area contributed by atoms with Crippen LogP contribution in [0.5, 0.6) is 5.75 Å². The van der Waals surface area contributed by atoms with Crippen LogP contribution in [-0.2, 0) is 14.3 Å². The third-order valence-electron chi connectivity index (χ3n) is 7.58. The van der Waals surface area contributed by atoms with Gasteiger partial charge < -0.3 is 19.7 Å². The highest BCUT2D eigenvalue weighted by Crippen LogP contribution is 2.46. The van der Waals surface area contributed by atoms with Crippen molar-refractivity contribution in [3.63, 3.8) is 0 Å². The van der Waals surface area contributed by atoms with Crippen molar-refractivity contribution in [2.45, 2.75) is 62.9 Å². The first kappa shape index (κ1) is 20.8. The summed E-state index contributed by atoms with van der Waals surface area (Å²) >= 11 is 0. The summed E-state index contributed by atoms with van der Waals surface area (Å²) in [5.74, 6) is 2.31. The summed E-state index contributed by atoms with van der Waals surface area (Å²) < 4.78 is 12.0. The monoisotopic (exact) mass is 426 g/mol. The molecule has 1 saturated carbocycles. The standard InChI is InChI=1S/C25H34N2O4/c28-23(26-17-18-5-6-18)15-20-16-25(31-22-4-2-1-3-21(20)22)9-11-27(12-10-25)24(29)19-7-13-30-14-8-19/h1-4,18-20H,5-17H2,(H,26,28)/t20-/m0/s1. The van der Waals surface area contributed by atoms with Crippen molar-refractivity contribution in [3.8, 4) is 5.75 Å². The van der Waals surface area contributed by atoms with Crippen LogP contribution in [0.15, 0.2) is 24.3 Å². The van der Waals surface area contributed by atoms with Gasteiger partial charge in [0.2, 0.25) is 11.8 Å². The number of nitrogens with zero attached hydrogens (tertiary/aromatic N) is 1. The van der Waals surface area contributed by atoms with Crippen LogP contribution in [0.2, 0.25) is 0 Å². The van der Waals surface area contributed by atoms with Crippen molar-refractivity contribution in [2.75, 3.05) is 32.8 Å². The number of ether oxygens (including phenoxy) is 2. The van der Waals surface area contributed by atoms with Crippen LogP contribution in [0.3, 0.4) is 0 Å². The molecule has 0 unspecified atom stereocenters. The summed E-state index contributed by atoms with van der Waals surface area (Å²) in [6, 6.07) is 8.17. The number of hydrogen-bond donors (Lipinski definition) is 1. The van der Waals surface area contributed by atoms with Gasteiger partial charge in [-0.2, -0.15) is 0 Å². The Bertz CT molecular complexity index is 807. The molecule has 0 bridgehead atoms. The fourth-order valence-corrected chi connectivity index (χ4v) is 5.45. The Balaban J connectivity index is 1.24. The van der Waals surface area contributed by atoms with Crippen molar-refractivity contribution < 1.29 is 19.1 Å². The highest BCUT2D eigenvalue weighted by molar-refractivity contribution is 5.79. The molecule has 3 fully saturated rings. The molecule has 6 heteroatoms. The van der Waals surface area contributed by atoms with Gasteiger partial charge in [0.05, 0.1) is 0 Å². The molecule has 4 aliphatic rings. The number of nitrogens with one attached hydrogen (secondary N) is 1. The number of fused-ring (bicyclic) bond motifs is 1. The number of benzene rings is 1. The predicted molar refractivity (Wildman–Crippen MR) is 117 cm³/mol. The molecule has 1 aliphatic carbocycles. The van der Waals surface area contributed by atoms with E-state index < -0.39 is 0 Å². The van der Waals surface area contributed by atoms with E-state index in [1.165, 1.54) is 12.8 Å². The SMILES string of the molecule is O=C(C[C@H]1CC2(CCN(C(=O)C3CCOCC3)CC2)Oc2ccccc21)NCC1CC1. The van der Waals surface area contributed by atoms with Gasteiger partial charge >= 0.3 is 0 Å². The molecule has 0 radical (unpaired) electrons. The minimum atomic E-state index is -0.276. The smallest absolute Gasteiger partial charge is 0.225 e. The number of carbonyl (C=O) groups excluding carboxylic acids is 2. The number of likely N-dealkylation sites (tertiary alicyclic amines) is 1. The summed E-state index contributed by atoms with van der Waals surface area (Å²) in [6.07, 6.45) is 7.18. The van der Waals surface area contributed by atoms with Crippen molar-refractivity contribution in [1.82, 2.24) is 10.2 Å². The predicted octanol–water partition coefficient (Wildman–Crippen LogP) is 3.26. The molecule has 3 heterocycles. The second-order valence-corrected chi connectivity index (χ2v) is 9.89. The van der Waals surface area contributed by atoms with E-state index in [-0.39, 0.29) is 29.3 Å². The highest BCUT2D eigenvalue weighted by Gasteiger charge is 2.45. The van der Waals surface area contributed by atoms with Gasteiger partial charge in [-0.05, 0) is 49.7 Å². The average molecular weight is 427 g/mol. The zero-order valence-corrected chi connectivity index (χ0v) is 18.3. The van der Waals surface area contributed by atoms with Gasteiger partial charge in [-0.3, -0.25) is 9.59 Å². The van der Waals surface area contributed by atoms with Crippen LogP contribution in [0, 0.1) is 11.8 Å². The first-order valence-electron chi connectivity index (χ1n) is 12.0. The number of rotatable bonds is 5. The van der Waals surface area contributed by atoms with E-state index in [9.17, 15) is 9.59 Å². The minimum Gasteiger partial charge on any atom is -0.487 e. The molecule has 5 rings (SSSR count). The molecule has 6 nitrogen and oxygen atoms in total. The van der Waals surface area contributed by atoms with Crippen LogP contribution >= 0.6 is 0 Å². The van der Waals surface area contributed by atoms with E-state index >= 15 is 0 Å². The normalized spacial score (nSPS) is 25.5. The largest absolute Gasteiger partial charge is 0.487 e. The molecular formula is C25H34N2O4. The summed E-state index contributed by atoms with van der Waals surface area (Å²) in [6.45, 7) is 3.67. The third kappa shape index (κ3) is 4.74. The van der Waals surface area contributed by atoms with Crippen molar-refractivity contribution in [2.24, 2.45) is 11.8 Å². The van der Waals surface area contributed by atoms with Gasteiger partial charge in [0.1, 0.15) is 11.4 Å². The molecule has 2 amide bonds. The molecule has 2 saturated heterocycles. The highest BCUT2D eigenvalue weighted by atomic mass is 16.5. The molecule has 31 heavy (non-hydrogen) atoms. The number of piperidine rings is 1. The third-order valence-corrected chi connectivity index (χ3v) is 7.58. The van der Waals surface area contributed by atoms with Crippen molar-refractivity contribution >= 4 is 11.8 Å². The van der Waals surface area contributed by atoms with E-state index in [4.69, 9.17) is 9.47 Å². The Hall–Kier alpha value is -2.08. The van der Waals surface area contributed by atoms with Crippen LogP contribution in [0.1, 0.15) is 62.8 Å². The minimum absolute atomic E-state index is 0.110. The Morgan fingerprint density at radius 2 is 1.81 bits per heavy atom. The molecular weight excluding hydrogens is 392 g/mol. The molecule has 0 aromatic heterocycles. The van der Waals surface area contributed by atoms with Gasteiger partial charge in [0, 0.05) is 63.9 Å². The first-order valence-corrected chi connectivity index (χ1v) is 12.0. The topological polar surface area (TPSA) is 67.9 Å². The molecule has 3 aliphatic heterocycles. The van der Waals surface area contributed by atoms with Crippen LogP contribution in [-0.4, -0.2) is 55.2 Å². The lowest BCUT2D eigenvalue weighted by molar-refractivity contribution is -0.142. The maximum atomic E-state index is 12.9. The molecule has 1 aromatic carbocycles. The molecule has 1 N–H and O–H groups in total. The van der Waals surface area contributed by atoms with E-state index in [2.05, 4.69) is 11.4 Å². The van der Waals surface area contributed by atoms with Crippen LogP contribution in [0.25, 0.3) is 0 Å². The molecule has 1 atom stereocenters. The van der Waals surface area contributed by atoms with E-state index in [1.807, 2.05) is 23.1 Å². The van der Waals surface area contributed by atoms with Gasteiger partial charge in [-0.25, -0.2) is 0 Å². The summed E-state index contributed by atoms with van der Waals surface area (Å²) in [5.41, 5.74) is 0.873. The number of hydrogen-bond acceptors (Lipinski definition) is 4. The average Bonchev–Trinajstić information content (AvgIpc) is 3.63. The summed E-state index contributed by atoms with van der Waals surface area (Å²) in [5, 5.41) is 3.13. The zero-order chi connectivity index (χ0) is 21.3. The lowest BCUT2D eigenvalue weighted by atomic mass is 9.76. The van der Waals surface area contributed by atoms with E-state index in [1.54, 1.807) is 0 Å². The second-order valence-electron chi connectivity index (χ2n) is 9.89. The quantitative estimate of drug-likeness (QED) is 0.785. The zero-order valence-electron chi connectivity index (χ0n) is 18.3. The maximum Gasteiger partial charge on any atom is 0.225 e. The molecule has 1 spiro atoms. The Kier molecular flexibility index (Phi) is 5.91. The Labute approximate surface area is 184 Å². The van der Waals surface area contributed by atoms with E-state index in [0.717, 1.165) is 63.1 Å². The Morgan fingerprint density at radius 1 is 1.06 bits per heavy atom.